The fourth-order valence-corrected chi connectivity index (χ4v) is 1.74. The first-order valence-electron chi connectivity index (χ1n) is 6.49. The second kappa shape index (κ2) is 9.06. The molecule has 2 heteroatoms. The van der Waals surface area contributed by atoms with Crippen molar-refractivity contribution >= 4 is 6.29 Å². The van der Waals surface area contributed by atoms with Crippen LogP contribution in [-0.2, 0) is 17.6 Å². The average Bonchev–Trinajstić information content (AvgIpc) is 2.41. The van der Waals surface area contributed by atoms with Crippen molar-refractivity contribution in [1.82, 2.24) is 0 Å². The van der Waals surface area contributed by atoms with Gasteiger partial charge in [0.05, 0.1) is 0 Å². The first-order valence-corrected chi connectivity index (χ1v) is 6.49. The lowest BCUT2D eigenvalue weighted by molar-refractivity contribution is -0.107. The summed E-state index contributed by atoms with van der Waals surface area (Å²) in [5, 5.41) is 0. The number of benzene rings is 2. The lowest BCUT2D eigenvalue weighted by Crippen LogP contribution is -2.02. The molecule has 0 aromatic heterocycles. The molecule has 0 saturated carbocycles. The van der Waals surface area contributed by atoms with Crippen molar-refractivity contribution in [2.24, 2.45) is 5.73 Å². The lowest BCUT2D eigenvalue weighted by Gasteiger charge is -1.98. The monoisotopic (exact) mass is 255 g/mol. The topological polar surface area (TPSA) is 43.1 Å². The standard InChI is InChI=1S/C9H13N.C8H8O/c1-8-3-2-4-9(7-8)5-6-10;9-7-6-8-4-2-1-3-5-8/h2-4,7H,5-6,10H2,1H3;1-5,7H,6H2. The van der Waals surface area contributed by atoms with E-state index in [1.54, 1.807) is 0 Å². The molecule has 2 nitrogen and oxygen atoms in total. The Kier molecular flexibility index (Phi) is 7.21. The Morgan fingerprint density at radius 2 is 1.68 bits per heavy atom. The third kappa shape index (κ3) is 6.53. The predicted molar refractivity (Wildman–Crippen MR) is 80.1 cm³/mol. The van der Waals surface area contributed by atoms with Crippen LogP contribution in [-0.4, -0.2) is 12.8 Å². The summed E-state index contributed by atoms with van der Waals surface area (Å²) in [7, 11) is 0. The van der Waals surface area contributed by atoms with Crippen molar-refractivity contribution in [2.45, 2.75) is 19.8 Å². The molecule has 2 rings (SSSR count). The van der Waals surface area contributed by atoms with E-state index in [2.05, 4.69) is 31.2 Å². The molecule has 0 atom stereocenters. The zero-order chi connectivity index (χ0) is 13.9. The van der Waals surface area contributed by atoms with Gasteiger partial charge in [0.1, 0.15) is 6.29 Å². The van der Waals surface area contributed by atoms with Gasteiger partial charge in [-0.15, -0.1) is 0 Å². The minimum absolute atomic E-state index is 0.529. The Balaban J connectivity index is 0.000000191. The van der Waals surface area contributed by atoms with Gasteiger partial charge < -0.3 is 10.5 Å². The highest BCUT2D eigenvalue weighted by Gasteiger charge is 1.89. The number of hydrogen-bond acceptors (Lipinski definition) is 2. The van der Waals surface area contributed by atoms with Crippen LogP contribution in [0.25, 0.3) is 0 Å². The quantitative estimate of drug-likeness (QED) is 0.854. The second-order valence-electron chi connectivity index (χ2n) is 4.38. The molecular formula is C17H21NO. The number of carbonyl (C=O) groups is 1. The summed E-state index contributed by atoms with van der Waals surface area (Å²) in [6.45, 7) is 2.84. The van der Waals surface area contributed by atoms with Crippen LogP contribution in [0.1, 0.15) is 16.7 Å². The highest BCUT2D eigenvalue weighted by Crippen LogP contribution is 2.03. The smallest absolute Gasteiger partial charge is 0.124 e. The summed E-state index contributed by atoms with van der Waals surface area (Å²) < 4.78 is 0. The molecule has 100 valence electrons. The molecule has 0 radical (unpaired) electrons. The minimum Gasteiger partial charge on any atom is -0.330 e. The van der Waals surface area contributed by atoms with Crippen molar-refractivity contribution in [3.8, 4) is 0 Å². The first-order chi connectivity index (χ1) is 9.26. The average molecular weight is 255 g/mol. The molecule has 2 aromatic rings. The largest absolute Gasteiger partial charge is 0.330 e. The Hall–Kier alpha value is -1.93. The van der Waals surface area contributed by atoms with E-state index in [1.807, 2.05) is 30.3 Å². The van der Waals surface area contributed by atoms with Crippen molar-refractivity contribution in [2.75, 3.05) is 6.54 Å². The molecule has 0 aliphatic rings. The maximum atomic E-state index is 9.97. The summed E-state index contributed by atoms with van der Waals surface area (Å²) >= 11 is 0. The Morgan fingerprint density at radius 1 is 1.00 bits per heavy atom. The van der Waals surface area contributed by atoms with Crippen molar-refractivity contribution < 1.29 is 4.79 Å². The first kappa shape index (κ1) is 15.1. The van der Waals surface area contributed by atoms with Crippen LogP contribution < -0.4 is 5.73 Å². The molecule has 0 amide bonds. The molecule has 2 aromatic carbocycles. The third-order valence-electron chi connectivity index (χ3n) is 2.68. The molecule has 0 bridgehead atoms. The SMILES string of the molecule is Cc1cccc(CCN)c1.O=CCc1ccccc1. The number of rotatable bonds is 4. The second-order valence-corrected chi connectivity index (χ2v) is 4.38. The molecule has 0 aliphatic heterocycles. The van der Waals surface area contributed by atoms with Gasteiger partial charge in [-0.05, 0) is 31.0 Å². The molecule has 0 saturated heterocycles. The highest BCUT2D eigenvalue weighted by molar-refractivity contribution is 5.54. The zero-order valence-electron chi connectivity index (χ0n) is 11.4. The van der Waals surface area contributed by atoms with Gasteiger partial charge in [-0.2, -0.15) is 0 Å². The van der Waals surface area contributed by atoms with Crippen LogP contribution in [0.5, 0.6) is 0 Å². The van der Waals surface area contributed by atoms with Gasteiger partial charge in [0.15, 0.2) is 0 Å². The van der Waals surface area contributed by atoms with Gasteiger partial charge in [-0.25, -0.2) is 0 Å². The van der Waals surface area contributed by atoms with E-state index in [-0.39, 0.29) is 0 Å². The van der Waals surface area contributed by atoms with Gasteiger partial charge in [0, 0.05) is 6.42 Å². The van der Waals surface area contributed by atoms with Gasteiger partial charge >= 0.3 is 0 Å². The van der Waals surface area contributed by atoms with E-state index in [0.29, 0.717) is 6.42 Å². The molecule has 0 spiro atoms. The molecule has 0 unspecified atom stereocenters. The van der Waals surface area contributed by atoms with E-state index in [9.17, 15) is 4.79 Å². The van der Waals surface area contributed by atoms with Crippen molar-refractivity contribution in [3.63, 3.8) is 0 Å². The van der Waals surface area contributed by atoms with Gasteiger partial charge in [0.25, 0.3) is 0 Å². The van der Waals surface area contributed by atoms with Crippen LogP contribution in [0, 0.1) is 6.92 Å². The summed E-state index contributed by atoms with van der Waals surface area (Å²) in [5.74, 6) is 0. The molecule has 0 fully saturated rings. The Morgan fingerprint density at radius 3 is 2.26 bits per heavy atom. The number of aldehydes is 1. The van der Waals surface area contributed by atoms with Crippen LogP contribution in [0.4, 0.5) is 0 Å². The van der Waals surface area contributed by atoms with Gasteiger partial charge in [-0.3, -0.25) is 0 Å². The van der Waals surface area contributed by atoms with E-state index in [4.69, 9.17) is 5.73 Å². The number of nitrogens with two attached hydrogens (primary N) is 1. The minimum atomic E-state index is 0.529. The van der Waals surface area contributed by atoms with Crippen molar-refractivity contribution in [1.29, 1.82) is 0 Å². The molecule has 0 aliphatic carbocycles. The fraction of sp³-hybridized carbons (Fsp3) is 0.235. The van der Waals surface area contributed by atoms with Crippen LogP contribution in [0.2, 0.25) is 0 Å². The van der Waals surface area contributed by atoms with Crippen LogP contribution in [0.15, 0.2) is 54.6 Å². The molecular weight excluding hydrogens is 234 g/mol. The van der Waals surface area contributed by atoms with E-state index in [1.165, 1.54) is 11.1 Å². The van der Waals surface area contributed by atoms with E-state index >= 15 is 0 Å². The number of hydrogen-bond donors (Lipinski definition) is 1. The van der Waals surface area contributed by atoms with Gasteiger partial charge in [0.2, 0.25) is 0 Å². The Labute approximate surface area is 115 Å². The maximum absolute atomic E-state index is 9.97. The summed E-state index contributed by atoms with van der Waals surface area (Å²) in [6, 6.07) is 18.1. The molecule has 2 N–H and O–H groups in total. The fourth-order valence-electron chi connectivity index (χ4n) is 1.74. The van der Waals surface area contributed by atoms with Gasteiger partial charge in [-0.1, -0.05) is 60.2 Å². The van der Waals surface area contributed by atoms with Crippen molar-refractivity contribution in [3.05, 3.63) is 71.3 Å². The zero-order valence-corrected chi connectivity index (χ0v) is 11.4. The lowest BCUT2D eigenvalue weighted by atomic mass is 10.1. The summed E-state index contributed by atoms with van der Waals surface area (Å²) in [5.41, 5.74) is 9.13. The summed E-state index contributed by atoms with van der Waals surface area (Å²) in [4.78, 5) is 9.97. The molecule has 0 heterocycles. The van der Waals surface area contributed by atoms with Crippen LogP contribution in [0.3, 0.4) is 0 Å². The number of carbonyl (C=O) groups excluding carboxylic acids is 1. The third-order valence-corrected chi connectivity index (χ3v) is 2.68. The van der Waals surface area contributed by atoms with Crippen LogP contribution >= 0.6 is 0 Å². The van der Waals surface area contributed by atoms with E-state index < -0.39 is 0 Å². The summed E-state index contributed by atoms with van der Waals surface area (Å²) in [6.07, 6.45) is 2.43. The number of aryl methyl sites for hydroxylation is 1. The Bertz CT molecular complexity index is 480. The predicted octanol–water partition coefficient (Wildman–Crippen LogP) is 2.92. The highest BCUT2D eigenvalue weighted by atomic mass is 16.1. The maximum Gasteiger partial charge on any atom is 0.124 e. The molecule has 19 heavy (non-hydrogen) atoms. The normalized spacial score (nSPS) is 9.37. The van der Waals surface area contributed by atoms with E-state index in [0.717, 1.165) is 24.8 Å².